The third kappa shape index (κ3) is 49.0. The van der Waals surface area contributed by atoms with E-state index in [1.54, 1.807) is 0 Å². The summed E-state index contributed by atoms with van der Waals surface area (Å²) in [6, 6.07) is 0. The van der Waals surface area contributed by atoms with Crippen LogP contribution in [0.5, 0.6) is 0 Å². The van der Waals surface area contributed by atoms with E-state index in [0.717, 1.165) is 65.0 Å². The first kappa shape index (κ1) is 49.9. The maximum atomic E-state index is 10.3. The van der Waals surface area contributed by atoms with Crippen molar-refractivity contribution in [1.29, 1.82) is 0 Å². The van der Waals surface area contributed by atoms with Gasteiger partial charge in [-0.25, -0.2) is 0 Å². The first-order chi connectivity index (χ1) is 24.0. The summed E-state index contributed by atoms with van der Waals surface area (Å²) in [4.78, 5) is 23.1. The number of unbranched alkanes of at least 4 members (excludes halogenated alkanes) is 28. The number of nitrogens with two attached hydrogens (primary N) is 1. The highest BCUT2D eigenvalue weighted by Crippen LogP contribution is 2.15. The smallest absolute Gasteiger partial charge is 0.303 e. The molecule has 1 aliphatic rings. The third-order valence-electron chi connectivity index (χ3n) is 9.64. The number of nitrogens with zero attached hydrogens (tertiary/aromatic N) is 1. The molecule has 0 aromatic carbocycles. The fraction of sp³-hybridized carbons (Fsp3) is 0.952. The summed E-state index contributed by atoms with van der Waals surface area (Å²) >= 11 is 0. The van der Waals surface area contributed by atoms with Crippen LogP contribution in [0.25, 0.3) is 0 Å². The Kier molecular flexibility index (Phi) is 45.7. The molecule has 0 saturated carbocycles. The summed E-state index contributed by atoms with van der Waals surface area (Å²) in [6.45, 7) is 11.0. The van der Waals surface area contributed by atoms with E-state index in [9.17, 15) is 9.59 Å². The second-order valence-electron chi connectivity index (χ2n) is 14.6. The van der Waals surface area contributed by atoms with Gasteiger partial charge in [0.25, 0.3) is 0 Å². The number of carboxylic acid groups (broad SMARTS) is 2. The highest BCUT2D eigenvalue weighted by molar-refractivity contribution is 5.66. The van der Waals surface area contributed by atoms with Crippen molar-refractivity contribution in [3.8, 4) is 0 Å². The van der Waals surface area contributed by atoms with Crippen LogP contribution >= 0.6 is 0 Å². The van der Waals surface area contributed by atoms with Crippen molar-refractivity contribution in [1.82, 2.24) is 10.2 Å². The largest absolute Gasteiger partial charge is 0.481 e. The Bertz CT molecular complexity index is 597. The van der Waals surface area contributed by atoms with Crippen molar-refractivity contribution in [2.24, 2.45) is 5.73 Å². The lowest BCUT2D eigenvalue weighted by molar-refractivity contribution is -0.138. The Labute approximate surface area is 305 Å². The number of hydrogen-bond donors (Lipinski definition) is 4. The predicted octanol–water partition coefficient (Wildman–Crippen LogP) is 11.5. The Morgan fingerprint density at radius 2 is 0.714 bits per heavy atom. The molecule has 0 bridgehead atoms. The molecule has 0 unspecified atom stereocenters. The molecule has 0 aromatic rings. The van der Waals surface area contributed by atoms with E-state index in [2.05, 4.69) is 24.1 Å². The molecule has 0 spiro atoms. The Morgan fingerprint density at radius 1 is 0.469 bits per heavy atom. The number of aliphatic carboxylic acids is 2. The molecule has 0 aromatic heterocycles. The molecule has 7 nitrogen and oxygen atoms in total. The van der Waals surface area contributed by atoms with Crippen LogP contribution in [0, 0.1) is 0 Å². The minimum atomic E-state index is -0.653. The molecule has 1 rings (SSSR count). The Balaban J connectivity index is 0. The van der Waals surface area contributed by atoms with Gasteiger partial charge in [0, 0.05) is 52.1 Å². The molecule has 294 valence electrons. The maximum absolute atomic E-state index is 10.3. The molecule has 7 heteroatoms. The molecule has 0 atom stereocenters. The first-order valence-corrected chi connectivity index (χ1v) is 21.5. The molecule has 1 heterocycles. The van der Waals surface area contributed by atoms with Gasteiger partial charge in [0.2, 0.25) is 0 Å². The molecular formula is C42H87N3O4. The van der Waals surface area contributed by atoms with Gasteiger partial charge in [0.1, 0.15) is 0 Å². The van der Waals surface area contributed by atoms with E-state index in [-0.39, 0.29) is 0 Å². The monoisotopic (exact) mass is 698 g/mol. The van der Waals surface area contributed by atoms with E-state index in [4.69, 9.17) is 15.9 Å². The zero-order chi connectivity index (χ0) is 36.3. The number of nitrogens with one attached hydrogen (secondary N) is 1. The van der Waals surface area contributed by atoms with Crippen molar-refractivity contribution >= 4 is 11.9 Å². The molecule has 5 N–H and O–H groups in total. The fourth-order valence-corrected chi connectivity index (χ4v) is 6.41. The zero-order valence-electron chi connectivity index (χ0n) is 33.1. The van der Waals surface area contributed by atoms with Crippen LogP contribution in [-0.4, -0.2) is 66.3 Å². The number of rotatable bonds is 34. The van der Waals surface area contributed by atoms with Crippen LogP contribution in [0.15, 0.2) is 0 Å². The van der Waals surface area contributed by atoms with Crippen molar-refractivity contribution in [2.45, 2.75) is 219 Å². The lowest BCUT2D eigenvalue weighted by Gasteiger charge is -2.26. The van der Waals surface area contributed by atoms with Crippen LogP contribution < -0.4 is 11.1 Å². The normalized spacial score (nSPS) is 13.0. The standard InChI is InChI=1S/2C18H36O2.C6H15N3/c2*1-2-3-4-5-6-7-8-9-10-11-12-13-14-15-16-17-18(19)20;7-1-4-9-5-2-8-3-6-9/h2*2-17H2,1H3,(H,19,20);8H,1-7H2. The summed E-state index contributed by atoms with van der Waals surface area (Å²) < 4.78 is 0. The average molecular weight is 698 g/mol. The summed E-state index contributed by atoms with van der Waals surface area (Å²) in [7, 11) is 0. The van der Waals surface area contributed by atoms with Crippen LogP contribution in [-0.2, 0) is 9.59 Å². The third-order valence-corrected chi connectivity index (χ3v) is 9.64. The second kappa shape index (κ2) is 44.8. The van der Waals surface area contributed by atoms with Crippen LogP contribution in [0.1, 0.15) is 219 Å². The molecule has 1 aliphatic heterocycles. The highest BCUT2D eigenvalue weighted by atomic mass is 16.4. The average Bonchev–Trinajstić information content (AvgIpc) is 3.09. The van der Waals surface area contributed by atoms with E-state index >= 15 is 0 Å². The van der Waals surface area contributed by atoms with E-state index in [0.29, 0.717) is 12.8 Å². The Morgan fingerprint density at radius 3 is 0.939 bits per heavy atom. The van der Waals surface area contributed by atoms with Crippen LogP contribution in [0.2, 0.25) is 0 Å². The number of carboxylic acids is 2. The molecule has 49 heavy (non-hydrogen) atoms. The summed E-state index contributed by atoms with van der Waals surface area (Å²) in [5, 5.41) is 20.3. The first-order valence-electron chi connectivity index (χ1n) is 21.5. The second-order valence-corrected chi connectivity index (χ2v) is 14.6. The SMILES string of the molecule is CCCCCCCCCCCCCCCCCC(=O)O.CCCCCCCCCCCCCCCCCC(=O)O.NCCN1CCNCC1. The van der Waals surface area contributed by atoms with Gasteiger partial charge in [-0.3, -0.25) is 14.5 Å². The lowest BCUT2D eigenvalue weighted by atomic mass is 10.0. The van der Waals surface area contributed by atoms with Crippen molar-refractivity contribution in [2.75, 3.05) is 39.3 Å². The fourth-order valence-electron chi connectivity index (χ4n) is 6.41. The number of carbonyl (C=O) groups is 2. The van der Waals surface area contributed by atoms with Crippen molar-refractivity contribution in [3.63, 3.8) is 0 Å². The predicted molar refractivity (Wildman–Crippen MR) is 213 cm³/mol. The molecular weight excluding hydrogens is 610 g/mol. The minimum absolute atomic E-state index is 0.345. The van der Waals surface area contributed by atoms with Gasteiger partial charge in [0.15, 0.2) is 0 Å². The minimum Gasteiger partial charge on any atom is -0.481 e. The van der Waals surface area contributed by atoms with Crippen molar-refractivity contribution < 1.29 is 19.8 Å². The van der Waals surface area contributed by atoms with E-state index in [1.807, 2.05) is 0 Å². The molecule has 1 fully saturated rings. The molecule has 0 amide bonds. The summed E-state index contributed by atoms with van der Waals surface area (Å²) in [6.07, 6.45) is 40.4. The topological polar surface area (TPSA) is 116 Å². The van der Waals surface area contributed by atoms with Gasteiger partial charge in [-0.2, -0.15) is 0 Å². The number of hydrogen-bond acceptors (Lipinski definition) is 5. The Hall–Kier alpha value is -1.18. The van der Waals surface area contributed by atoms with Gasteiger partial charge < -0.3 is 21.3 Å². The van der Waals surface area contributed by atoms with Gasteiger partial charge in [0.05, 0.1) is 0 Å². The molecule has 0 radical (unpaired) electrons. The van der Waals surface area contributed by atoms with Gasteiger partial charge >= 0.3 is 11.9 Å². The van der Waals surface area contributed by atoms with Gasteiger partial charge in [-0.15, -0.1) is 0 Å². The zero-order valence-corrected chi connectivity index (χ0v) is 33.1. The quantitative estimate of drug-likeness (QED) is 0.0495. The van der Waals surface area contributed by atoms with Gasteiger partial charge in [-0.1, -0.05) is 194 Å². The highest BCUT2D eigenvalue weighted by Gasteiger charge is 2.06. The van der Waals surface area contributed by atoms with Crippen molar-refractivity contribution in [3.05, 3.63) is 0 Å². The summed E-state index contributed by atoms with van der Waals surface area (Å²) in [5.41, 5.74) is 5.40. The molecule has 0 aliphatic carbocycles. The van der Waals surface area contributed by atoms with Crippen LogP contribution in [0.3, 0.4) is 0 Å². The van der Waals surface area contributed by atoms with E-state index < -0.39 is 11.9 Å². The van der Waals surface area contributed by atoms with Crippen LogP contribution in [0.4, 0.5) is 0 Å². The lowest BCUT2D eigenvalue weighted by Crippen LogP contribution is -2.45. The number of piperazine rings is 1. The molecule has 1 saturated heterocycles. The van der Waals surface area contributed by atoms with E-state index in [1.165, 1.54) is 167 Å². The summed E-state index contributed by atoms with van der Waals surface area (Å²) in [5.74, 6) is -1.31. The van der Waals surface area contributed by atoms with Gasteiger partial charge in [-0.05, 0) is 12.8 Å². The maximum Gasteiger partial charge on any atom is 0.303 e.